The van der Waals surface area contributed by atoms with Gasteiger partial charge in [-0.2, -0.15) is 4.31 Å². The first-order valence-electron chi connectivity index (χ1n) is 6.68. The summed E-state index contributed by atoms with van der Waals surface area (Å²) in [5, 5.41) is 0. The molecule has 0 radical (unpaired) electrons. The molecule has 0 saturated carbocycles. The van der Waals surface area contributed by atoms with Gasteiger partial charge in [-0.05, 0) is 36.5 Å². The van der Waals surface area contributed by atoms with Gasteiger partial charge in [-0.25, -0.2) is 12.8 Å². The molecule has 0 N–H and O–H groups in total. The highest BCUT2D eigenvalue weighted by Gasteiger charge is 2.33. The second-order valence-corrected chi connectivity index (χ2v) is 7.47. The molecular weight excluding hydrogens is 281 g/mol. The van der Waals surface area contributed by atoms with Crippen LogP contribution >= 0.6 is 0 Å². The third-order valence-electron chi connectivity index (χ3n) is 3.58. The second kappa shape index (κ2) is 5.69. The van der Waals surface area contributed by atoms with Crippen LogP contribution in [0.5, 0.6) is 5.75 Å². The predicted molar refractivity (Wildman–Crippen MR) is 74.7 cm³/mol. The lowest BCUT2D eigenvalue weighted by Gasteiger charge is -2.34. The minimum Gasteiger partial charge on any atom is -0.495 e. The molecule has 2 rings (SSSR count). The van der Waals surface area contributed by atoms with Crippen molar-refractivity contribution in [3.63, 3.8) is 0 Å². The normalized spacial score (nSPS) is 24.6. The number of halogens is 1. The number of methoxy groups -OCH3 is 1. The third kappa shape index (κ3) is 2.96. The number of ether oxygens (including phenoxy) is 1. The molecular formula is C14H20FNO3S. The molecule has 20 heavy (non-hydrogen) atoms. The lowest BCUT2D eigenvalue weighted by molar-refractivity contribution is 0.222. The lowest BCUT2D eigenvalue weighted by Crippen LogP contribution is -2.42. The average Bonchev–Trinajstić information content (AvgIpc) is 2.37. The summed E-state index contributed by atoms with van der Waals surface area (Å²) in [4.78, 5) is -0.0960. The first-order valence-corrected chi connectivity index (χ1v) is 8.12. The van der Waals surface area contributed by atoms with Crippen molar-refractivity contribution in [3.8, 4) is 5.75 Å². The van der Waals surface area contributed by atoms with Gasteiger partial charge in [-0.1, -0.05) is 13.8 Å². The van der Waals surface area contributed by atoms with Crippen molar-refractivity contribution < 1.29 is 17.5 Å². The second-order valence-electron chi connectivity index (χ2n) is 5.56. The fourth-order valence-corrected chi connectivity index (χ4v) is 4.64. The van der Waals surface area contributed by atoms with E-state index in [4.69, 9.17) is 4.74 Å². The molecule has 0 spiro atoms. The zero-order valence-electron chi connectivity index (χ0n) is 12.0. The van der Waals surface area contributed by atoms with E-state index in [1.807, 2.05) is 13.8 Å². The van der Waals surface area contributed by atoms with Crippen LogP contribution < -0.4 is 4.74 Å². The van der Waals surface area contributed by atoms with Crippen molar-refractivity contribution in [2.45, 2.75) is 25.2 Å². The monoisotopic (exact) mass is 301 g/mol. The number of sulfonamides is 1. The Labute approximate surface area is 119 Å². The minimum absolute atomic E-state index is 0.0960. The van der Waals surface area contributed by atoms with Crippen molar-refractivity contribution in [1.82, 2.24) is 4.31 Å². The maximum absolute atomic E-state index is 13.4. The van der Waals surface area contributed by atoms with Crippen molar-refractivity contribution in [2.24, 2.45) is 11.8 Å². The van der Waals surface area contributed by atoms with Crippen molar-refractivity contribution in [3.05, 3.63) is 24.0 Å². The number of rotatable bonds is 3. The summed E-state index contributed by atoms with van der Waals surface area (Å²) in [6.45, 7) is 4.99. The van der Waals surface area contributed by atoms with E-state index in [9.17, 15) is 12.8 Å². The van der Waals surface area contributed by atoms with Crippen LogP contribution in [0.2, 0.25) is 0 Å². The molecule has 1 heterocycles. The zero-order chi connectivity index (χ0) is 14.9. The Morgan fingerprint density at radius 2 is 1.85 bits per heavy atom. The van der Waals surface area contributed by atoms with Gasteiger partial charge < -0.3 is 4.74 Å². The summed E-state index contributed by atoms with van der Waals surface area (Å²) >= 11 is 0. The summed E-state index contributed by atoms with van der Waals surface area (Å²) in [6, 6.07) is 3.57. The first kappa shape index (κ1) is 15.3. The Morgan fingerprint density at radius 1 is 1.25 bits per heavy atom. The molecule has 6 heteroatoms. The van der Waals surface area contributed by atoms with Gasteiger partial charge in [0.15, 0.2) is 0 Å². The van der Waals surface area contributed by atoms with Gasteiger partial charge in [0.25, 0.3) is 0 Å². The third-order valence-corrected chi connectivity index (χ3v) is 5.43. The molecule has 112 valence electrons. The number of nitrogens with zero attached hydrogens (tertiary/aromatic N) is 1. The summed E-state index contributed by atoms with van der Waals surface area (Å²) in [7, 11) is -2.34. The van der Waals surface area contributed by atoms with E-state index in [0.717, 1.165) is 12.5 Å². The fourth-order valence-electron chi connectivity index (χ4n) is 2.79. The van der Waals surface area contributed by atoms with Crippen LogP contribution in [0.1, 0.15) is 20.3 Å². The quantitative estimate of drug-likeness (QED) is 0.862. The minimum atomic E-state index is -3.72. The van der Waals surface area contributed by atoms with E-state index in [2.05, 4.69) is 0 Å². The largest absolute Gasteiger partial charge is 0.495 e. The van der Waals surface area contributed by atoms with E-state index in [1.54, 1.807) is 0 Å². The molecule has 2 atom stereocenters. The summed E-state index contributed by atoms with van der Waals surface area (Å²) in [6.07, 6.45) is 1.01. The molecule has 1 fully saturated rings. The Hall–Kier alpha value is -1.14. The maximum Gasteiger partial charge on any atom is 0.246 e. The Bertz CT molecular complexity index is 578. The Kier molecular flexibility index (Phi) is 4.34. The van der Waals surface area contributed by atoms with E-state index in [-0.39, 0.29) is 10.6 Å². The molecule has 0 unspecified atom stereocenters. The number of hydrogen-bond acceptors (Lipinski definition) is 3. The molecule has 1 aromatic rings. The maximum atomic E-state index is 13.4. The number of benzene rings is 1. The number of piperidine rings is 1. The van der Waals surface area contributed by atoms with E-state index in [0.29, 0.717) is 24.9 Å². The molecule has 1 aliphatic rings. The molecule has 0 aromatic heterocycles. The van der Waals surface area contributed by atoms with Crippen molar-refractivity contribution in [1.29, 1.82) is 0 Å². The molecule has 0 bridgehead atoms. The smallest absolute Gasteiger partial charge is 0.246 e. The van der Waals surface area contributed by atoms with Crippen LogP contribution in [0.15, 0.2) is 23.1 Å². The average molecular weight is 301 g/mol. The van der Waals surface area contributed by atoms with Gasteiger partial charge in [0, 0.05) is 13.1 Å². The van der Waals surface area contributed by atoms with Gasteiger partial charge in [0.1, 0.15) is 16.5 Å². The van der Waals surface area contributed by atoms with Crippen LogP contribution in [-0.4, -0.2) is 32.9 Å². The molecule has 0 aliphatic carbocycles. The standard InChI is InChI=1S/C14H20FNO3S/c1-10-6-11(2)9-16(8-10)20(17,18)14-7-12(15)4-5-13(14)19-3/h4-5,7,10-11H,6,8-9H2,1-3H3/t10-,11-/m0/s1. The van der Waals surface area contributed by atoms with Gasteiger partial charge in [-0.3, -0.25) is 0 Å². The molecule has 1 saturated heterocycles. The summed E-state index contributed by atoms with van der Waals surface area (Å²) in [5.74, 6) is 0.195. The molecule has 1 aromatic carbocycles. The van der Waals surface area contributed by atoms with Crippen LogP contribution in [0.25, 0.3) is 0 Å². The summed E-state index contributed by atoms with van der Waals surface area (Å²) in [5.41, 5.74) is 0. The summed E-state index contributed by atoms with van der Waals surface area (Å²) < 4.78 is 45.3. The van der Waals surface area contributed by atoms with E-state index in [1.165, 1.54) is 23.5 Å². The number of hydrogen-bond donors (Lipinski definition) is 0. The highest BCUT2D eigenvalue weighted by atomic mass is 32.2. The van der Waals surface area contributed by atoms with E-state index >= 15 is 0 Å². The molecule has 4 nitrogen and oxygen atoms in total. The van der Waals surface area contributed by atoms with Crippen molar-refractivity contribution in [2.75, 3.05) is 20.2 Å². The van der Waals surface area contributed by atoms with Gasteiger partial charge in [-0.15, -0.1) is 0 Å². The fraction of sp³-hybridized carbons (Fsp3) is 0.571. The zero-order valence-corrected chi connectivity index (χ0v) is 12.8. The Morgan fingerprint density at radius 3 is 2.40 bits per heavy atom. The highest BCUT2D eigenvalue weighted by molar-refractivity contribution is 7.89. The van der Waals surface area contributed by atoms with Crippen LogP contribution in [0.3, 0.4) is 0 Å². The first-order chi connectivity index (χ1) is 9.34. The van der Waals surface area contributed by atoms with Crippen molar-refractivity contribution >= 4 is 10.0 Å². The highest BCUT2D eigenvalue weighted by Crippen LogP contribution is 2.31. The lowest BCUT2D eigenvalue weighted by atomic mass is 9.94. The molecule has 1 aliphatic heterocycles. The van der Waals surface area contributed by atoms with Crippen LogP contribution in [0.4, 0.5) is 4.39 Å². The van der Waals surface area contributed by atoms with Gasteiger partial charge in [0.2, 0.25) is 10.0 Å². The van der Waals surface area contributed by atoms with Crippen LogP contribution in [-0.2, 0) is 10.0 Å². The predicted octanol–water partition coefficient (Wildman–Crippen LogP) is 2.50. The Balaban J connectivity index is 2.42. The molecule has 0 amide bonds. The van der Waals surface area contributed by atoms with Gasteiger partial charge >= 0.3 is 0 Å². The van der Waals surface area contributed by atoms with Gasteiger partial charge in [0.05, 0.1) is 7.11 Å². The SMILES string of the molecule is COc1ccc(F)cc1S(=O)(=O)N1C[C@@H](C)C[C@H](C)C1. The topological polar surface area (TPSA) is 46.6 Å². The van der Waals surface area contributed by atoms with Crippen LogP contribution in [0, 0.1) is 17.7 Å². The van der Waals surface area contributed by atoms with E-state index < -0.39 is 15.8 Å².